The van der Waals surface area contributed by atoms with Gasteiger partial charge in [-0.05, 0) is 24.6 Å². The van der Waals surface area contributed by atoms with Crippen LogP contribution >= 0.6 is 28.3 Å². The van der Waals surface area contributed by atoms with Crippen LogP contribution in [0.15, 0.2) is 28.7 Å². The summed E-state index contributed by atoms with van der Waals surface area (Å²) in [7, 11) is 0. The van der Waals surface area contributed by atoms with E-state index in [1.165, 1.54) is 0 Å². The van der Waals surface area contributed by atoms with Gasteiger partial charge in [0.1, 0.15) is 0 Å². The normalized spacial score (nSPS) is 9.50. The van der Waals surface area contributed by atoms with E-state index in [0.717, 1.165) is 4.47 Å². The van der Waals surface area contributed by atoms with Crippen molar-refractivity contribution in [1.29, 1.82) is 0 Å². The van der Waals surface area contributed by atoms with Crippen LogP contribution in [0, 0.1) is 0 Å². The Labute approximate surface area is 133 Å². The van der Waals surface area contributed by atoms with E-state index in [9.17, 15) is 9.59 Å². The van der Waals surface area contributed by atoms with Crippen LogP contribution in [0.4, 0.5) is 0 Å². The summed E-state index contributed by atoms with van der Waals surface area (Å²) in [5.74, 6) is -0.171. The Morgan fingerprint density at radius 2 is 1.90 bits per heavy atom. The molecule has 0 radical (unpaired) electrons. The summed E-state index contributed by atoms with van der Waals surface area (Å²) in [6.07, 6.45) is 1.03. The Bertz CT molecular complexity index is 443. The summed E-state index contributed by atoms with van der Waals surface area (Å²) in [4.78, 5) is 22.9. The van der Waals surface area contributed by atoms with Gasteiger partial charge in [0.05, 0.1) is 0 Å². The lowest BCUT2D eigenvalue weighted by molar-refractivity contribution is -0.120. The number of halogens is 2. The molecular weight excluding hydrogens is 346 g/mol. The fourth-order valence-electron chi connectivity index (χ4n) is 1.47. The van der Waals surface area contributed by atoms with Crippen LogP contribution < -0.4 is 16.4 Å². The Morgan fingerprint density at radius 1 is 1.20 bits per heavy atom. The molecular formula is C13H19BrClN3O2. The van der Waals surface area contributed by atoms with Gasteiger partial charge < -0.3 is 16.4 Å². The zero-order valence-corrected chi connectivity index (χ0v) is 13.4. The van der Waals surface area contributed by atoms with Crippen molar-refractivity contribution < 1.29 is 9.59 Å². The van der Waals surface area contributed by atoms with Gasteiger partial charge in [-0.1, -0.05) is 22.0 Å². The summed E-state index contributed by atoms with van der Waals surface area (Å²) >= 11 is 3.32. The molecule has 0 aliphatic rings. The molecule has 4 N–H and O–H groups in total. The largest absolute Gasteiger partial charge is 0.356 e. The SMILES string of the molecule is Cl.NCCC(=O)NCCCNC(=O)c1cccc(Br)c1. The van der Waals surface area contributed by atoms with Crippen molar-refractivity contribution in [2.45, 2.75) is 12.8 Å². The number of rotatable bonds is 7. The molecule has 0 spiro atoms. The first-order chi connectivity index (χ1) is 9.13. The molecule has 5 nitrogen and oxygen atoms in total. The van der Waals surface area contributed by atoms with Gasteiger partial charge in [-0.3, -0.25) is 9.59 Å². The van der Waals surface area contributed by atoms with Gasteiger partial charge in [-0.25, -0.2) is 0 Å². The molecule has 0 aromatic heterocycles. The molecule has 0 atom stereocenters. The Kier molecular flexibility index (Phi) is 10.1. The maximum absolute atomic E-state index is 11.8. The molecule has 0 fully saturated rings. The number of hydrogen-bond donors (Lipinski definition) is 3. The van der Waals surface area contributed by atoms with E-state index >= 15 is 0 Å². The Morgan fingerprint density at radius 3 is 2.55 bits per heavy atom. The third-order valence-corrected chi connectivity index (χ3v) is 2.91. The summed E-state index contributed by atoms with van der Waals surface area (Å²) in [6, 6.07) is 7.19. The summed E-state index contributed by atoms with van der Waals surface area (Å²) in [5, 5.41) is 5.52. The number of benzene rings is 1. The second-order valence-electron chi connectivity index (χ2n) is 4.01. The number of nitrogens with two attached hydrogens (primary N) is 1. The van der Waals surface area contributed by atoms with Gasteiger partial charge in [-0.2, -0.15) is 0 Å². The van der Waals surface area contributed by atoms with E-state index in [1.807, 2.05) is 12.1 Å². The van der Waals surface area contributed by atoms with Crippen LogP contribution in [-0.2, 0) is 4.79 Å². The average Bonchev–Trinajstić information content (AvgIpc) is 2.38. The highest BCUT2D eigenvalue weighted by Crippen LogP contribution is 2.11. The maximum atomic E-state index is 11.8. The highest BCUT2D eigenvalue weighted by Gasteiger charge is 2.04. The van der Waals surface area contributed by atoms with Crippen molar-refractivity contribution in [1.82, 2.24) is 10.6 Å². The lowest BCUT2D eigenvalue weighted by atomic mass is 10.2. The van der Waals surface area contributed by atoms with Crippen LogP contribution in [0.5, 0.6) is 0 Å². The van der Waals surface area contributed by atoms with E-state index < -0.39 is 0 Å². The zero-order valence-electron chi connectivity index (χ0n) is 11.0. The predicted octanol–water partition coefficient (Wildman–Crippen LogP) is 1.46. The fraction of sp³-hybridized carbons (Fsp3) is 0.385. The minimum absolute atomic E-state index is 0. The van der Waals surface area contributed by atoms with Crippen LogP contribution in [0.2, 0.25) is 0 Å². The average molecular weight is 365 g/mol. The number of amides is 2. The van der Waals surface area contributed by atoms with Crippen molar-refractivity contribution in [2.24, 2.45) is 5.73 Å². The Balaban J connectivity index is 0.00000361. The molecule has 0 aliphatic carbocycles. The fourth-order valence-corrected chi connectivity index (χ4v) is 1.87. The van der Waals surface area contributed by atoms with Gasteiger partial charge in [0.15, 0.2) is 0 Å². The first-order valence-corrected chi connectivity index (χ1v) is 6.93. The van der Waals surface area contributed by atoms with E-state index in [1.54, 1.807) is 12.1 Å². The molecule has 0 unspecified atom stereocenters. The molecule has 20 heavy (non-hydrogen) atoms. The number of carbonyl (C=O) groups excluding carboxylic acids is 2. The molecule has 1 rings (SSSR count). The molecule has 0 bridgehead atoms. The van der Waals surface area contributed by atoms with Crippen LogP contribution in [0.3, 0.4) is 0 Å². The lowest BCUT2D eigenvalue weighted by Crippen LogP contribution is -2.30. The Hall–Kier alpha value is -1.11. The highest BCUT2D eigenvalue weighted by atomic mass is 79.9. The minimum Gasteiger partial charge on any atom is -0.356 e. The summed E-state index contributed by atoms with van der Waals surface area (Å²) in [5.41, 5.74) is 5.87. The second kappa shape index (κ2) is 10.7. The van der Waals surface area contributed by atoms with Crippen molar-refractivity contribution in [3.63, 3.8) is 0 Å². The van der Waals surface area contributed by atoms with E-state index in [4.69, 9.17) is 5.73 Å². The van der Waals surface area contributed by atoms with Gasteiger partial charge in [0.25, 0.3) is 5.91 Å². The van der Waals surface area contributed by atoms with Crippen LogP contribution in [0.25, 0.3) is 0 Å². The van der Waals surface area contributed by atoms with E-state index in [0.29, 0.717) is 38.0 Å². The molecule has 0 heterocycles. The van der Waals surface area contributed by atoms with Crippen molar-refractivity contribution in [2.75, 3.05) is 19.6 Å². The topological polar surface area (TPSA) is 84.2 Å². The quantitative estimate of drug-likeness (QED) is 0.640. The first kappa shape index (κ1) is 18.9. The number of nitrogens with one attached hydrogen (secondary N) is 2. The smallest absolute Gasteiger partial charge is 0.251 e. The van der Waals surface area contributed by atoms with Gasteiger partial charge in [0.2, 0.25) is 5.91 Å². The van der Waals surface area contributed by atoms with Gasteiger partial charge in [-0.15, -0.1) is 12.4 Å². The van der Waals surface area contributed by atoms with E-state index in [-0.39, 0.29) is 24.2 Å². The molecule has 112 valence electrons. The third kappa shape index (κ3) is 7.47. The van der Waals surface area contributed by atoms with Crippen molar-refractivity contribution in [3.8, 4) is 0 Å². The van der Waals surface area contributed by atoms with E-state index in [2.05, 4.69) is 26.6 Å². The molecule has 0 saturated carbocycles. The third-order valence-electron chi connectivity index (χ3n) is 2.42. The first-order valence-electron chi connectivity index (χ1n) is 6.14. The molecule has 0 saturated heterocycles. The van der Waals surface area contributed by atoms with Gasteiger partial charge >= 0.3 is 0 Å². The summed E-state index contributed by atoms with van der Waals surface area (Å²) < 4.78 is 0.870. The monoisotopic (exact) mass is 363 g/mol. The lowest BCUT2D eigenvalue weighted by Gasteiger charge is -2.06. The number of hydrogen-bond acceptors (Lipinski definition) is 3. The predicted molar refractivity (Wildman–Crippen MR) is 85.0 cm³/mol. The molecule has 1 aromatic carbocycles. The van der Waals surface area contributed by atoms with Crippen LogP contribution in [0.1, 0.15) is 23.2 Å². The summed E-state index contributed by atoms with van der Waals surface area (Å²) in [6.45, 7) is 1.41. The van der Waals surface area contributed by atoms with Gasteiger partial charge in [0, 0.05) is 36.1 Å². The minimum atomic E-state index is -0.116. The van der Waals surface area contributed by atoms with Crippen molar-refractivity contribution >= 4 is 40.2 Å². The molecule has 1 aromatic rings. The standard InChI is InChI=1S/C13H18BrN3O2.ClH/c14-11-4-1-3-10(9-11)13(19)17-8-2-7-16-12(18)5-6-15;/h1,3-4,9H,2,5-8,15H2,(H,16,18)(H,17,19);1H. The second-order valence-corrected chi connectivity index (χ2v) is 4.92. The van der Waals surface area contributed by atoms with Crippen LogP contribution in [-0.4, -0.2) is 31.4 Å². The van der Waals surface area contributed by atoms with Crippen molar-refractivity contribution in [3.05, 3.63) is 34.3 Å². The molecule has 7 heteroatoms. The maximum Gasteiger partial charge on any atom is 0.251 e. The molecule has 2 amide bonds. The zero-order chi connectivity index (χ0) is 14.1. The highest BCUT2D eigenvalue weighted by molar-refractivity contribution is 9.10. The number of carbonyl (C=O) groups is 2. The molecule has 0 aliphatic heterocycles.